The Morgan fingerprint density at radius 3 is 2.93 bits per heavy atom. The molecule has 5 heteroatoms. The molecule has 1 aromatic rings. The van der Waals surface area contributed by atoms with Gasteiger partial charge in [0.25, 0.3) is 0 Å². The lowest BCUT2D eigenvalue weighted by Gasteiger charge is -2.07. The molecule has 0 bridgehead atoms. The van der Waals surface area contributed by atoms with E-state index in [-0.39, 0.29) is 5.91 Å². The van der Waals surface area contributed by atoms with Crippen molar-refractivity contribution in [2.24, 2.45) is 5.73 Å². The van der Waals surface area contributed by atoms with Gasteiger partial charge in [0, 0.05) is 12.7 Å². The maximum atomic E-state index is 11.4. The molecule has 1 atom stereocenters. The molecule has 0 saturated carbocycles. The molecule has 0 saturated heterocycles. The number of anilines is 1. The summed E-state index contributed by atoms with van der Waals surface area (Å²) in [4.78, 5) is 11.4. The predicted molar refractivity (Wildman–Crippen MR) is 54.8 cm³/mol. The molecule has 0 aromatic carbocycles. The van der Waals surface area contributed by atoms with Crippen LogP contribution in [0, 0.1) is 0 Å². The van der Waals surface area contributed by atoms with Gasteiger partial charge in [-0.3, -0.25) is 9.48 Å². The van der Waals surface area contributed by atoms with E-state index in [0.29, 0.717) is 12.1 Å². The smallest absolute Gasteiger partial charge is 0.241 e. The third-order valence-electron chi connectivity index (χ3n) is 2.00. The average Bonchev–Trinajstić information content (AvgIpc) is 2.64. The molecule has 0 fully saturated rings. The van der Waals surface area contributed by atoms with E-state index in [1.165, 1.54) is 0 Å². The predicted octanol–water partition coefficient (Wildman–Crippen LogP) is 0.579. The molecule has 1 amide bonds. The average molecular weight is 196 g/mol. The Labute approximate surface area is 83.3 Å². The molecule has 0 aliphatic rings. The molecule has 1 rings (SSSR count). The Morgan fingerprint density at radius 1 is 1.71 bits per heavy atom. The van der Waals surface area contributed by atoms with Crippen molar-refractivity contribution in [3.05, 3.63) is 12.4 Å². The number of carbonyl (C=O) groups is 1. The highest BCUT2D eigenvalue weighted by molar-refractivity contribution is 5.94. The van der Waals surface area contributed by atoms with Gasteiger partial charge >= 0.3 is 0 Å². The number of nitrogens with two attached hydrogens (primary N) is 1. The van der Waals surface area contributed by atoms with E-state index in [1.807, 2.05) is 13.8 Å². The molecule has 1 heterocycles. The van der Waals surface area contributed by atoms with E-state index in [2.05, 4.69) is 10.4 Å². The summed E-state index contributed by atoms with van der Waals surface area (Å²) in [6.07, 6.45) is 4.03. The largest absolute Gasteiger partial charge is 0.322 e. The van der Waals surface area contributed by atoms with E-state index in [9.17, 15) is 4.79 Å². The number of carbonyl (C=O) groups excluding carboxylic acids is 1. The topological polar surface area (TPSA) is 72.9 Å². The molecule has 0 aliphatic heterocycles. The van der Waals surface area contributed by atoms with Gasteiger partial charge in [-0.2, -0.15) is 5.10 Å². The van der Waals surface area contributed by atoms with Crippen LogP contribution in [0.2, 0.25) is 0 Å². The van der Waals surface area contributed by atoms with E-state index in [4.69, 9.17) is 5.73 Å². The highest BCUT2D eigenvalue weighted by Crippen LogP contribution is 2.05. The molecular weight excluding hydrogens is 180 g/mol. The minimum atomic E-state index is -0.444. The van der Waals surface area contributed by atoms with E-state index >= 15 is 0 Å². The minimum Gasteiger partial charge on any atom is -0.322 e. The van der Waals surface area contributed by atoms with Gasteiger partial charge in [0.2, 0.25) is 5.91 Å². The van der Waals surface area contributed by atoms with Crippen LogP contribution in [0.5, 0.6) is 0 Å². The first-order valence-electron chi connectivity index (χ1n) is 4.76. The van der Waals surface area contributed by atoms with Crippen LogP contribution in [0.15, 0.2) is 12.4 Å². The number of hydrogen-bond donors (Lipinski definition) is 2. The van der Waals surface area contributed by atoms with Gasteiger partial charge in [-0.15, -0.1) is 0 Å². The fourth-order valence-corrected chi connectivity index (χ4v) is 1.02. The lowest BCUT2D eigenvalue weighted by molar-refractivity contribution is -0.117. The van der Waals surface area contributed by atoms with Crippen LogP contribution in [0.1, 0.15) is 20.3 Å². The van der Waals surface area contributed by atoms with Crippen molar-refractivity contribution in [3.8, 4) is 0 Å². The summed E-state index contributed by atoms with van der Waals surface area (Å²) in [6, 6.07) is -0.444. The van der Waals surface area contributed by atoms with Crippen molar-refractivity contribution in [2.45, 2.75) is 32.9 Å². The summed E-state index contributed by atoms with van der Waals surface area (Å²) in [5, 5.41) is 6.73. The maximum Gasteiger partial charge on any atom is 0.241 e. The second-order valence-electron chi connectivity index (χ2n) is 3.09. The summed E-state index contributed by atoms with van der Waals surface area (Å²) in [5.41, 5.74) is 6.26. The maximum absolute atomic E-state index is 11.4. The van der Waals surface area contributed by atoms with Gasteiger partial charge in [-0.25, -0.2) is 0 Å². The highest BCUT2D eigenvalue weighted by Gasteiger charge is 2.11. The van der Waals surface area contributed by atoms with Gasteiger partial charge in [0.05, 0.1) is 17.9 Å². The van der Waals surface area contributed by atoms with Crippen LogP contribution in [0.4, 0.5) is 5.69 Å². The Balaban J connectivity index is 2.56. The standard InChI is InChI=1S/C9H16N4O/c1-3-8(10)9(14)12-7-5-11-13(4-2)6-7/h5-6,8H,3-4,10H2,1-2H3,(H,12,14)/t8-/m1/s1. The zero-order valence-corrected chi connectivity index (χ0v) is 8.53. The van der Waals surface area contributed by atoms with Gasteiger partial charge < -0.3 is 11.1 Å². The van der Waals surface area contributed by atoms with E-state index < -0.39 is 6.04 Å². The lowest BCUT2D eigenvalue weighted by Crippen LogP contribution is -2.34. The number of nitrogens with one attached hydrogen (secondary N) is 1. The number of amides is 1. The van der Waals surface area contributed by atoms with Gasteiger partial charge in [-0.1, -0.05) is 6.92 Å². The second-order valence-corrected chi connectivity index (χ2v) is 3.09. The molecule has 0 aliphatic carbocycles. The summed E-state index contributed by atoms with van der Waals surface area (Å²) in [7, 11) is 0. The number of aromatic nitrogens is 2. The number of nitrogens with zero attached hydrogens (tertiary/aromatic N) is 2. The van der Waals surface area contributed by atoms with Gasteiger partial charge in [0.15, 0.2) is 0 Å². The first kappa shape index (κ1) is 10.7. The van der Waals surface area contributed by atoms with Crippen molar-refractivity contribution in [2.75, 3.05) is 5.32 Å². The summed E-state index contributed by atoms with van der Waals surface area (Å²) < 4.78 is 1.74. The summed E-state index contributed by atoms with van der Waals surface area (Å²) in [5.74, 6) is -0.164. The number of hydrogen-bond acceptors (Lipinski definition) is 3. The number of aryl methyl sites for hydroxylation is 1. The second kappa shape index (κ2) is 4.76. The van der Waals surface area contributed by atoms with Crippen molar-refractivity contribution in [3.63, 3.8) is 0 Å². The lowest BCUT2D eigenvalue weighted by atomic mass is 10.2. The monoisotopic (exact) mass is 196 g/mol. The van der Waals surface area contributed by atoms with Crippen molar-refractivity contribution < 1.29 is 4.79 Å². The first-order valence-corrected chi connectivity index (χ1v) is 4.76. The summed E-state index contributed by atoms with van der Waals surface area (Å²) in [6.45, 7) is 4.64. The minimum absolute atomic E-state index is 0.164. The van der Waals surface area contributed by atoms with Crippen LogP contribution in [0.3, 0.4) is 0 Å². The number of rotatable bonds is 4. The van der Waals surface area contributed by atoms with Crippen LogP contribution < -0.4 is 11.1 Å². The third kappa shape index (κ3) is 2.56. The zero-order chi connectivity index (χ0) is 10.6. The molecular formula is C9H16N4O. The fraction of sp³-hybridized carbons (Fsp3) is 0.556. The SMILES string of the molecule is CC[C@@H](N)C(=O)Nc1cnn(CC)c1. The zero-order valence-electron chi connectivity index (χ0n) is 8.53. The summed E-state index contributed by atoms with van der Waals surface area (Å²) >= 11 is 0. The first-order chi connectivity index (χ1) is 6.67. The molecule has 14 heavy (non-hydrogen) atoms. The quantitative estimate of drug-likeness (QED) is 0.739. The van der Waals surface area contributed by atoms with E-state index in [0.717, 1.165) is 6.54 Å². The van der Waals surface area contributed by atoms with Crippen molar-refractivity contribution in [1.82, 2.24) is 9.78 Å². The van der Waals surface area contributed by atoms with Crippen LogP contribution in [-0.4, -0.2) is 21.7 Å². The fourth-order valence-electron chi connectivity index (χ4n) is 1.02. The van der Waals surface area contributed by atoms with Crippen LogP contribution >= 0.6 is 0 Å². The Bertz CT molecular complexity index is 308. The third-order valence-corrected chi connectivity index (χ3v) is 2.00. The molecule has 0 unspecified atom stereocenters. The van der Waals surface area contributed by atoms with Gasteiger partial charge in [-0.05, 0) is 13.3 Å². The normalized spacial score (nSPS) is 12.5. The van der Waals surface area contributed by atoms with Crippen LogP contribution in [-0.2, 0) is 11.3 Å². The van der Waals surface area contributed by atoms with Crippen molar-refractivity contribution >= 4 is 11.6 Å². The highest BCUT2D eigenvalue weighted by atomic mass is 16.2. The molecule has 1 aromatic heterocycles. The Hall–Kier alpha value is -1.36. The molecule has 3 N–H and O–H groups in total. The molecule has 0 spiro atoms. The van der Waals surface area contributed by atoms with E-state index in [1.54, 1.807) is 17.1 Å². The Kier molecular flexibility index (Phi) is 3.64. The molecule has 5 nitrogen and oxygen atoms in total. The molecule has 0 radical (unpaired) electrons. The van der Waals surface area contributed by atoms with Crippen LogP contribution in [0.25, 0.3) is 0 Å². The van der Waals surface area contributed by atoms with Crippen molar-refractivity contribution in [1.29, 1.82) is 0 Å². The van der Waals surface area contributed by atoms with Gasteiger partial charge in [0.1, 0.15) is 0 Å². The Morgan fingerprint density at radius 2 is 2.43 bits per heavy atom. The molecule has 78 valence electrons.